The van der Waals surface area contributed by atoms with Gasteiger partial charge in [0, 0.05) is 31.9 Å². The number of hydrogen-bond acceptors (Lipinski definition) is 3. The Labute approximate surface area is 181 Å². The van der Waals surface area contributed by atoms with Crippen LogP contribution in [0.2, 0.25) is 0 Å². The third-order valence-corrected chi connectivity index (χ3v) is 4.53. The maximum absolute atomic E-state index is 6.21. The van der Waals surface area contributed by atoms with E-state index in [1.54, 1.807) is 0 Å². The number of nitrogens with zero attached hydrogens (tertiary/aromatic N) is 1. The van der Waals surface area contributed by atoms with E-state index >= 15 is 0 Å². The first kappa shape index (κ1) is 24.0. The highest BCUT2D eigenvalue weighted by Gasteiger charge is 2.17. The van der Waals surface area contributed by atoms with E-state index in [-0.39, 0.29) is 24.0 Å². The topological polar surface area (TPSA) is 54.9 Å². The summed E-state index contributed by atoms with van der Waals surface area (Å²) in [5.41, 5.74) is 1.15. The highest BCUT2D eigenvalue weighted by Crippen LogP contribution is 2.26. The predicted molar refractivity (Wildman–Crippen MR) is 123 cm³/mol. The van der Waals surface area contributed by atoms with Crippen LogP contribution >= 0.6 is 24.0 Å². The Morgan fingerprint density at radius 1 is 1.11 bits per heavy atom. The molecule has 1 aromatic rings. The van der Waals surface area contributed by atoms with E-state index in [4.69, 9.17) is 14.5 Å². The fourth-order valence-corrected chi connectivity index (χ4v) is 3.12. The molecule has 1 aliphatic carbocycles. The Morgan fingerprint density at radius 2 is 1.89 bits per heavy atom. The van der Waals surface area contributed by atoms with Gasteiger partial charge in [0.2, 0.25) is 0 Å². The van der Waals surface area contributed by atoms with E-state index in [1.807, 2.05) is 13.0 Å². The van der Waals surface area contributed by atoms with Crippen molar-refractivity contribution in [2.24, 2.45) is 4.99 Å². The van der Waals surface area contributed by atoms with Gasteiger partial charge in [-0.3, -0.25) is 0 Å². The molecule has 0 bridgehead atoms. The van der Waals surface area contributed by atoms with E-state index in [2.05, 4.69) is 35.8 Å². The number of benzene rings is 1. The first-order valence-corrected chi connectivity index (χ1v) is 10.2. The lowest BCUT2D eigenvalue weighted by molar-refractivity contribution is 0.143. The summed E-state index contributed by atoms with van der Waals surface area (Å²) < 4.78 is 11.6. The van der Waals surface area contributed by atoms with Crippen molar-refractivity contribution in [2.45, 2.75) is 65.0 Å². The van der Waals surface area contributed by atoms with Crippen molar-refractivity contribution in [3.63, 3.8) is 0 Å². The van der Waals surface area contributed by atoms with Crippen LogP contribution in [-0.4, -0.2) is 38.4 Å². The van der Waals surface area contributed by atoms with Crippen molar-refractivity contribution in [1.82, 2.24) is 10.6 Å². The van der Waals surface area contributed by atoms with Crippen LogP contribution in [0.15, 0.2) is 29.3 Å². The summed E-state index contributed by atoms with van der Waals surface area (Å²) in [7, 11) is 0. The van der Waals surface area contributed by atoms with Crippen LogP contribution in [0.5, 0.6) is 5.75 Å². The lowest BCUT2D eigenvalue weighted by Crippen LogP contribution is -2.37. The molecule has 0 atom stereocenters. The standard InChI is InChI=1S/C21H35N3O2.HI/c1-3-22-21(23-15-9-10-16-25-4-2)24-17-18-11-5-8-14-20(18)26-19-12-6-7-13-19;/h5,8,11,14,19H,3-4,6-7,9-10,12-13,15-17H2,1-2H3,(H2,22,23,24);1H. The number of halogens is 1. The van der Waals surface area contributed by atoms with Crippen molar-refractivity contribution in [2.75, 3.05) is 26.3 Å². The van der Waals surface area contributed by atoms with Gasteiger partial charge < -0.3 is 20.1 Å². The fraction of sp³-hybridized carbons (Fsp3) is 0.667. The predicted octanol–water partition coefficient (Wildman–Crippen LogP) is 4.50. The lowest BCUT2D eigenvalue weighted by Gasteiger charge is -2.16. The molecule has 0 saturated heterocycles. The highest BCUT2D eigenvalue weighted by atomic mass is 127. The molecule has 0 aliphatic heterocycles. The normalized spacial score (nSPS) is 14.7. The van der Waals surface area contributed by atoms with Gasteiger partial charge in [0.25, 0.3) is 0 Å². The minimum Gasteiger partial charge on any atom is -0.490 e. The first-order chi connectivity index (χ1) is 12.8. The highest BCUT2D eigenvalue weighted by molar-refractivity contribution is 14.0. The molecular formula is C21H36IN3O2. The van der Waals surface area contributed by atoms with Gasteiger partial charge in [-0.25, -0.2) is 4.99 Å². The van der Waals surface area contributed by atoms with Gasteiger partial charge in [-0.1, -0.05) is 18.2 Å². The molecule has 1 aromatic carbocycles. The Balaban J connectivity index is 0.00000364. The Hall–Kier alpha value is -1.02. The third-order valence-electron chi connectivity index (χ3n) is 4.53. The zero-order valence-electron chi connectivity index (χ0n) is 16.8. The van der Waals surface area contributed by atoms with Crippen molar-refractivity contribution in [1.29, 1.82) is 0 Å². The van der Waals surface area contributed by atoms with E-state index in [1.165, 1.54) is 25.7 Å². The molecule has 1 saturated carbocycles. The molecule has 0 aromatic heterocycles. The molecule has 0 radical (unpaired) electrons. The first-order valence-electron chi connectivity index (χ1n) is 10.2. The summed E-state index contributed by atoms with van der Waals surface area (Å²) >= 11 is 0. The number of nitrogens with one attached hydrogen (secondary N) is 2. The zero-order chi connectivity index (χ0) is 18.5. The van der Waals surface area contributed by atoms with E-state index in [0.717, 1.165) is 56.4 Å². The largest absolute Gasteiger partial charge is 0.490 e. The molecule has 2 rings (SSSR count). The van der Waals surface area contributed by atoms with Crippen LogP contribution in [0.1, 0.15) is 57.9 Å². The number of hydrogen-bond donors (Lipinski definition) is 2. The molecular weight excluding hydrogens is 453 g/mol. The number of ether oxygens (including phenoxy) is 2. The average molecular weight is 489 g/mol. The minimum atomic E-state index is 0. The van der Waals surface area contributed by atoms with Crippen molar-refractivity contribution in [3.8, 4) is 5.75 Å². The van der Waals surface area contributed by atoms with Gasteiger partial charge in [-0.15, -0.1) is 24.0 Å². The molecule has 0 heterocycles. The van der Waals surface area contributed by atoms with Crippen LogP contribution in [0.4, 0.5) is 0 Å². The number of guanidine groups is 1. The molecule has 1 aliphatic rings. The smallest absolute Gasteiger partial charge is 0.191 e. The van der Waals surface area contributed by atoms with Gasteiger partial charge in [-0.2, -0.15) is 0 Å². The lowest BCUT2D eigenvalue weighted by atomic mass is 10.2. The summed E-state index contributed by atoms with van der Waals surface area (Å²) in [6.07, 6.45) is 7.42. The number of para-hydroxylation sites is 1. The summed E-state index contributed by atoms with van der Waals surface area (Å²) in [4.78, 5) is 4.74. The summed E-state index contributed by atoms with van der Waals surface area (Å²) in [5.74, 6) is 1.84. The molecule has 27 heavy (non-hydrogen) atoms. The quantitative estimate of drug-likeness (QED) is 0.208. The number of aliphatic imine (C=N–C) groups is 1. The second-order valence-corrected chi connectivity index (χ2v) is 6.66. The molecule has 0 spiro atoms. The molecule has 2 N–H and O–H groups in total. The molecule has 0 unspecified atom stereocenters. The third kappa shape index (κ3) is 9.65. The van der Waals surface area contributed by atoms with Crippen LogP contribution in [0, 0.1) is 0 Å². The Kier molecular flexibility index (Phi) is 13.3. The monoisotopic (exact) mass is 489 g/mol. The van der Waals surface area contributed by atoms with E-state index in [9.17, 15) is 0 Å². The van der Waals surface area contributed by atoms with E-state index < -0.39 is 0 Å². The SMILES string of the molecule is CCNC(=NCc1ccccc1OC1CCCC1)NCCCCOCC.I. The molecule has 5 nitrogen and oxygen atoms in total. The average Bonchev–Trinajstić information content (AvgIpc) is 3.16. The van der Waals surface area contributed by atoms with Crippen LogP contribution in [-0.2, 0) is 11.3 Å². The van der Waals surface area contributed by atoms with Gasteiger partial charge in [0.05, 0.1) is 12.6 Å². The van der Waals surface area contributed by atoms with Gasteiger partial charge in [0.1, 0.15) is 5.75 Å². The van der Waals surface area contributed by atoms with Gasteiger partial charge >= 0.3 is 0 Å². The number of unbranched alkanes of at least 4 members (excludes halogenated alkanes) is 1. The summed E-state index contributed by atoms with van der Waals surface area (Å²) in [5, 5.41) is 6.72. The van der Waals surface area contributed by atoms with Gasteiger partial charge in [-0.05, 0) is 58.4 Å². The van der Waals surface area contributed by atoms with Gasteiger partial charge in [0.15, 0.2) is 5.96 Å². The van der Waals surface area contributed by atoms with E-state index in [0.29, 0.717) is 12.6 Å². The Bertz CT molecular complexity index is 534. The van der Waals surface area contributed by atoms with Crippen molar-refractivity contribution >= 4 is 29.9 Å². The van der Waals surface area contributed by atoms with Crippen LogP contribution in [0.3, 0.4) is 0 Å². The Morgan fingerprint density at radius 3 is 2.63 bits per heavy atom. The molecule has 0 amide bonds. The van der Waals surface area contributed by atoms with Crippen LogP contribution < -0.4 is 15.4 Å². The van der Waals surface area contributed by atoms with Crippen molar-refractivity contribution in [3.05, 3.63) is 29.8 Å². The molecule has 154 valence electrons. The second-order valence-electron chi connectivity index (χ2n) is 6.66. The molecule has 6 heteroatoms. The summed E-state index contributed by atoms with van der Waals surface area (Å²) in [6.45, 7) is 8.12. The maximum Gasteiger partial charge on any atom is 0.191 e. The summed E-state index contributed by atoms with van der Waals surface area (Å²) in [6, 6.07) is 8.27. The van der Waals surface area contributed by atoms with Crippen molar-refractivity contribution < 1.29 is 9.47 Å². The second kappa shape index (κ2) is 15.0. The maximum atomic E-state index is 6.21. The van der Waals surface area contributed by atoms with Crippen LogP contribution in [0.25, 0.3) is 0 Å². The number of rotatable bonds is 11. The zero-order valence-corrected chi connectivity index (χ0v) is 19.2. The fourth-order valence-electron chi connectivity index (χ4n) is 3.12. The molecule has 1 fully saturated rings. The minimum absolute atomic E-state index is 0.